The van der Waals surface area contributed by atoms with Crippen molar-refractivity contribution in [3.05, 3.63) is 27.7 Å². The standard InChI is InChI=1S/C15H16BrClN2O2/c16-9-5-6-11(17)12(7-9)18-13-8-14(20)19(15(13)21)10-3-1-2-4-10/h5-7,10,13,18H,1-4,8H2. The van der Waals surface area contributed by atoms with Gasteiger partial charge in [0.15, 0.2) is 0 Å². The highest BCUT2D eigenvalue weighted by molar-refractivity contribution is 9.10. The van der Waals surface area contributed by atoms with Gasteiger partial charge in [-0.1, -0.05) is 40.4 Å². The number of amides is 2. The molecule has 3 rings (SSSR count). The van der Waals surface area contributed by atoms with E-state index in [0.717, 1.165) is 30.2 Å². The molecule has 0 spiro atoms. The van der Waals surface area contributed by atoms with E-state index in [-0.39, 0.29) is 24.3 Å². The number of hydrogen-bond donors (Lipinski definition) is 1. The Kier molecular flexibility index (Phi) is 4.22. The third-order valence-electron chi connectivity index (χ3n) is 4.13. The first-order valence-electron chi connectivity index (χ1n) is 7.14. The number of halogens is 2. The number of carbonyl (C=O) groups is 2. The van der Waals surface area contributed by atoms with E-state index >= 15 is 0 Å². The van der Waals surface area contributed by atoms with Crippen molar-refractivity contribution in [1.29, 1.82) is 0 Å². The third kappa shape index (κ3) is 2.94. The van der Waals surface area contributed by atoms with Crippen LogP contribution in [0.4, 0.5) is 5.69 Å². The molecule has 6 heteroatoms. The Hall–Kier alpha value is -1.07. The van der Waals surface area contributed by atoms with Crippen molar-refractivity contribution >= 4 is 45.0 Å². The van der Waals surface area contributed by atoms with E-state index in [4.69, 9.17) is 11.6 Å². The van der Waals surface area contributed by atoms with Gasteiger partial charge in [0.05, 0.1) is 17.1 Å². The first kappa shape index (κ1) is 14.9. The van der Waals surface area contributed by atoms with Crippen molar-refractivity contribution in [3.63, 3.8) is 0 Å². The van der Waals surface area contributed by atoms with E-state index < -0.39 is 6.04 Å². The van der Waals surface area contributed by atoms with Crippen LogP contribution in [-0.4, -0.2) is 28.8 Å². The lowest BCUT2D eigenvalue weighted by molar-refractivity contribution is -0.141. The van der Waals surface area contributed by atoms with Crippen molar-refractivity contribution in [2.24, 2.45) is 0 Å². The van der Waals surface area contributed by atoms with Gasteiger partial charge in [-0.3, -0.25) is 14.5 Å². The lowest BCUT2D eigenvalue weighted by Gasteiger charge is -2.22. The highest BCUT2D eigenvalue weighted by Gasteiger charge is 2.43. The van der Waals surface area contributed by atoms with Gasteiger partial charge < -0.3 is 5.32 Å². The van der Waals surface area contributed by atoms with Gasteiger partial charge in [0.1, 0.15) is 6.04 Å². The second kappa shape index (κ2) is 5.97. The van der Waals surface area contributed by atoms with Crippen LogP contribution in [0.2, 0.25) is 5.02 Å². The van der Waals surface area contributed by atoms with Crippen LogP contribution in [0.15, 0.2) is 22.7 Å². The third-order valence-corrected chi connectivity index (χ3v) is 4.95. The predicted octanol–water partition coefficient (Wildman–Crippen LogP) is 3.58. The second-order valence-corrected chi connectivity index (χ2v) is 6.89. The molecule has 1 heterocycles. The zero-order valence-corrected chi connectivity index (χ0v) is 13.8. The molecule has 1 N–H and O–H groups in total. The number of likely N-dealkylation sites (tertiary alicyclic amines) is 1. The minimum absolute atomic E-state index is 0.0736. The predicted molar refractivity (Wildman–Crippen MR) is 85.3 cm³/mol. The average Bonchev–Trinajstić information content (AvgIpc) is 3.03. The molecule has 1 atom stereocenters. The monoisotopic (exact) mass is 370 g/mol. The van der Waals surface area contributed by atoms with E-state index in [9.17, 15) is 9.59 Å². The Morgan fingerprint density at radius 1 is 1.24 bits per heavy atom. The zero-order chi connectivity index (χ0) is 15.0. The molecule has 1 aliphatic carbocycles. The summed E-state index contributed by atoms with van der Waals surface area (Å²) in [4.78, 5) is 26.1. The number of carbonyl (C=O) groups excluding carboxylic acids is 2. The maximum Gasteiger partial charge on any atom is 0.252 e. The molecule has 2 amide bonds. The summed E-state index contributed by atoms with van der Waals surface area (Å²) in [6.07, 6.45) is 4.26. The molecule has 1 saturated heterocycles. The zero-order valence-electron chi connectivity index (χ0n) is 11.4. The molecule has 21 heavy (non-hydrogen) atoms. The SMILES string of the molecule is O=C1CC(Nc2cc(Br)ccc2Cl)C(=O)N1C1CCCC1. The number of hydrogen-bond acceptors (Lipinski definition) is 3. The van der Waals surface area contributed by atoms with Crippen molar-refractivity contribution in [2.45, 2.75) is 44.2 Å². The van der Waals surface area contributed by atoms with E-state index in [2.05, 4.69) is 21.2 Å². The number of nitrogens with one attached hydrogen (secondary N) is 1. The van der Waals surface area contributed by atoms with Crippen LogP contribution < -0.4 is 5.32 Å². The molecule has 0 bridgehead atoms. The molecule has 112 valence electrons. The highest BCUT2D eigenvalue weighted by Crippen LogP contribution is 2.31. The fraction of sp³-hybridized carbons (Fsp3) is 0.467. The Balaban J connectivity index is 1.76. The van der Waals surface area contributed by atoms with E-state index in [1.165, 1.54) is 4.90 Å². The van der Waals surface area contributed by atoms with E-state index in [1.54, 1.807) is 6.07 Å². The van der Waals surface area contributed by atoms with E-state index in [0.29, 0.717) is 10.7 Å². The number of anilines is 1. The minimum atomic E-state index is -0.509. The van der Waals surface area contributed by atoms with E-state index in [1.807, 2.05) is 12.1 Å². The molecular weight excluding hydrogens is 356 g/mol. The molecule has 1 aliphatic heterocycles. The Labute approximate surface area is 137 Å². The fourth-order valence-corrected chi connectivity index (χ4v) is 3.64. The molecule has 1 aromatic carbocycles. The molecule has 1 saturated carbocycles. The maximum atomic E-state index is 12.5. The largest absolute Gasteiger partial charge is 0.372 e. The lowest BCUT2D eigenvalue weighted by atomic mass is 10.2. The van der Waals surface area contributed by atoms with Crippen LogP contribution in [0.3, 0.4) is 0 Å². The summed E-state index contributed by atoms with van der Waals surface area (Å²) in [5.41, 5.74) is 0.672. The van der Waals surface area contributed by atoms with Crippen molar-refractivity contribution in [3.8, 4) is 0 Å². The van der Waals surface area contributed by atoms with Crippen LogP contribution in [-0.2, 0) is 9.59 Å². The molecule has 2 fully saturated rings. The lowest BCUT2D eigenvalue weighted by Crippen LogP contribution is -2.41. The Morgan fingerprint density at radius 3 is 2.67 bits per heavy atom. The van der Waals surface area contributed by atoms with Crippen molar-refractivity contribution in [1.82, 2.24) is 4.90 Å². The second-order valence-electron chi connectivity index (χ2n) is 5.57. The number of nitrogens with zero attached hydrogens (tertiary/aromatic N) is 1. The number of rotatable bonds is 3. The molecule has 1 unspecified atom stereocenters. The summed E-state index contributed by atoms with van der Waals surface area (Å²) in [6, 6.07) is 4.99. The summed E-state index contributed by atoms with van der Waals surface area (Å²) >= 11 is 9.51. The quantitative estimate of drug-likeness (QED) is 0.826. The number of benzene rings is 1. The molecule has 0 aromatic heterocycles. The van der Waals surface area contributed by atoms with Crippen LogP contribution in [0.5, 0.6) is 0 Å². The van der Waals surface area contributed by atoms with Gasteiger partial charge in [0.2, 0.25) is 5.91 Å². The van der Waals surface area contributed by atoms with Gasteiger partial charge in [-0.25, -0.2) is 0 Å². The first-order valence-corrected chi connectivity index (χ1v) is 8.31. The highest BCUT2D eigenvalue weighted by atomic mass is 79.9. The molecular formula is C15H16BrClN2O2. The van der Waals surface area contributed by atoms with Crippen LogP contribution in [0.25, 0.3) is 0 Å². The summed E-state index contributed by atoms with van der Waals surface area (Å²) in [5, 5.41) is 3.65. The number of imide groups is 1. The maximum absolute atomic E-state index is 12.5. The smallest absolute Gasteiger partial charge is 0.252 e. The van der Waals surface area contributed by atoms with Crippen molar-refractivity contribution < 1.29 is 9.59 Å². The van der Waals surface area contributed by atoms with Crippen molar-refractivity contribution in [2.75, 3.05) is 5.32 Å². The molecule has 4 nitrogen and oxygen atoms in total. The normalized spacial score (nSPS) is 23.1. The first-order chi connectivity index (χ1) is 10.1. The summed E-state index contributed by atoms with van der Waals surface area (Å²) in [6.45, 7) is 0. The van der Waals surface area contributed by atoms with Gasteiger partial charge in [-0.15, -0.1) is 0 Å². The molecule has 2 aliphatic rings. The minimum Gasteiger partial charge on any atom is -0.372 e. The topological polar surface area (TPSA) is 49.4 Å². The summed E-state index contributed by atoms with van der Waals surface area (Å²) in [7, 11) is 0. The van der Waals surface area contributed by atoms with Crippen LogP contribution >= 0.6 is 27.5 Å². The average molecular weight is 372 g/mol. The Morgan fingerprint density at radius 2 is 1.95 bits per heavy atom. The van der Waals surface area contributed by atoms with Gasteiger partial charge in [-0.05, 0) is 31.0 Å². The van der Waals surface area contributed by atoms with Crippen LogP contribution in [0, 0.1) is 0 Å². The van der Waals surface area contributed by atoms with Gasteiger partial charge in [0.25, 0.3) is 5.91 Å². The summed E-state index contributed by atoms with van der Waals surface area (Å²) < 4.78 is 0.874. The van der Waals surface area contributed by atoms with Gasteiger partial charge in [-0.2, -0.15) is 0 Å². The van der Waals surface area contributed by atoms with Crippen LogP contribution in [0.1, 0.15) is 32.1 Å². The Bertz CT molecular complexity index is 587. The molecule has 0 radical (unpaired) electrons. The molecule has 1 aromatic rings. The summed E-state index contributed by atoms with van der Waals surface area (Å²) in [5.74, 6) is -0.196. The van der Waals surface area contributed by atoms with Gasteiger partial charge >= 0.3 is 0 Å². The van der Waals surface area contributed by atoms with Gasteiger partial charge in [0, 0.05) is 10.5 Å². The fourth-order valence-electron chi connectivity index (χ4n) is 3.11.